The highest BCUT2D eigenvalue weighted by molar-refractivity contribution is 5.87. The molecule has 0 aliphatic rings. The number of carbonyl (C=O) groups excluding carboxylic acids is 3. The maximum absolute atomic E-state index is 11.9. The van der Waals surface area contributed by atoms with Crippen molar-refractivity contribution in [3.8, 4) is 5.75 Å². The number of amides is 1. The van der Waals surface area contributed by atoms with Crippen molar-refractivity contribution in [3.63, 3.8) is 0 Å². The maximum atomic E-state index is 11.9. The first-order valence-corrected chi connectivity index (χ1v) is 7.89. The van der Waals surface area contributed by atoms with Crippen LogP contribution in [0.2, 0.25) is 0 Å². The summed E-state index contributed by atoms with van der Waals surface area (Å²) in [7, 11) is 4.02. The van der Waals surface area contributed by atoms with Crippen LogP contribution in [0.3, 0.4) is 0 Å². The van der Waals surface area contributed by atoms with E-state index in [-0.39, 0.29) is 13.0 Å². The summed E-state index contributed by atoms with van der Waals surface area (Å²) < 4.78 is 19.3. The summed E-state index contributed by atoms with van der Waals surface area (Å²) in [5.41, 5.74) is 1.35. The quantitative estimate of drug-likeness (QED) is 0.425. The number of carbonyl (C=O) groups is 3. The number of alkyl carbamates (subject to hydrolysis) is 1. The molecule has 1 N–H and O–H groups in total. The number of rotatable bonds is 8. The summed E-state index contributed by atoms with van der Waals surface area (Å²) >= 11 is 0. The van der Waals surface area contributed by atoms with E-state index in [0.29, 0.717) is 11.3 Å². The molecule has 1 aromatic carbocycles. The van der Waals surface area contributed by atoms with Gasteiger partial charge in [-0.15, -0.1) is 0 Å². The Balaban J connectivity index is 3.03. The van der Waals surface area contributed by atoms with Crippen LogP contribution in [0.4, 0.5) is 4.79 Å². The van der Waals surface area contributed by atoms with Crippen LogP contribution in [0.25, 0.3) is 6.08 Å². The Morgan fingerprint density at radius 3 is 2.46 bits per heavy atom. The highest BCUT2D eigenvalue weighted by Gasteiger charge is 2.23. The molecule has 0 heterocycles. The van der Waals surface area contributed by atoms with Crippen LogP contribution in [-0.4, -0.2) is 52.0 Å². The number of methoxy groups -OCH3 is 3. The molecule has 0 bridgehead atoms. The van der Waals surface area contributed by atoms with Gasteiger partial charge < -0.3 is 24.3 Å². The topological polar surface area (TPSA) is 100 Å². The monoisotopic (exact) mass is 365 g/mol. The summed E-state index contributed by atoms with van der Waals surface area (Å²) in [6, 6.07) is 4.27. The lowest BCUT2D eigenvalue weighted by Gasteiger charge is -2.17. The molecule has 1 aromatic rings. The molecule has 0 aliphatic carbocycles. The van der Waals surface area contributed by atoms with E-state index < -0.39 is 24.1 Å². The fraction of sp³-hybridized carbons (Fsp3) is 0.389. The number of benzene rings is 1. The number of nitrogens with one attached hydrogen (secondary N) is 1. The minimum absolute atomic E-state index is 0.175. The fourth-order valence-electron chi connectivity index (χ4n) is 2.15. The Kier molecular flexibility index (Phi) is 8.69. The zero-order valence-corrected chi connectivity index (χ0v) is 15.2. The van der Waals surface area contributed by atoms with Crippen LogP contribution in [0.1, 0.15) is 18.1 Å². The Morgan fingerprint density at radius 1 is 1.15 bits per heavy atom. The first-order chi connectivity index (χ1) is 12.4. The fourth-order valence-corrected chi connectivity index (χ4v) is 2.15. The Morgan fingerprint density at radius 2 is 1.88 bits per heavy atom. The lowest BCUT2D eigenvalue weighted by molar-refractivity contribution is -0.143. The van der Waals surface area contributed by atoms with E-state index in [4.69, 9.17) is 14.2 Å². The summed E-state index contributed by atoms with van der Waals surface area (Å²) in [5, 5.41) is 2.47. The lowest BCUT2D eigenvalue weighted by atomic mass is 10.0. The zero-order chi connectivity index (χ0) is 19.5. The molecule has 0 saturated carbocycles. The van der Waals surface area contributed by atoms with Gasteiger partial charge in [-0.2, -0.15) is 0 Å². The molecule has 0 radical (unpaired) electrons. The van der Waals surface area contributed by atoms with Gasteiger partial charge in [-0.05, 0) is 30.7 Å². The third-order valence-corrected chi connectivity index (χ3v) is 3.39. The molecule has 26 heavy (non-hydrogen) atoms. The van der Waals surface area contributed by atoms with E-state index in [1.54, 1.807) is 31.2 Å². The standard InChI is InChI=1S/C18H23NO7/c1-5-26-18(22)19-14(17(21)25-4)11-12-6-8-15(23-2)13(10-12)7-9-16(20)24-3/h6-10,14H,5,11H2,1-4H3,(H,19,22)/b9-7+/t14-/m0/s1. The molecular weight excluding hydrogens is 342 g/mol. The van der Waals surface area contributed by atoms with Crippen LogP contribution in [0, 0.1) is 0 Å². The second-order valence-electron chi connectivity index (χ2n) is 5.08. The van der Waals surface area contributed by atoms with Crippen molar-refractivity contribution in [2.45, 2.75) is 19.4 Å². The highest BCUT2D eigenvalue weighted by Crippen LogP contribution is 2.22. The van der Waals surface area contributed by atoms with Crippen molar-refractivity contribution in [1.29, 1.82) is 0 Å². The molecule has 0 unspecified atom stereocenters. The molecule has 1 atom stereocenters. The molecule has 0 fully saturated rings. The van der Waals surface area contributed by atoms with Crippen LogP contribution < -0.4 is 10.1 Å². The predicted molar refractivity (Wildman–Crippen MR) is 93.7 cm³/mol. The van der Waals surface area contributed by atoms with E-state index in [1.165, 1.54) is 27.4 Å². The van der Waals surface area contributed by atoms with Gasteiger partial charge in [-0.25, -0.2) is 14.4 Å². The second kappa shape index (κ2) is 10.8. The van der Waals surface area contributed by atoms with E-state index in [1.807, 2.05) is 0 Å². The second-order valence-corrected chi connectivity index (χ2v) is 5.08. The molecule has 0 aliphatic heterocycles. The Hall–Kier alpha value is -3.03. The summed E-state index contributed by atoms with van der Waals surface area (Å²) in [6.45, 7) is 1.85. The van der Waals surface area contributed by atoms with Gasteiger partial charge in [0.2, 0.25) is 0 Å². The summed E-state index contributed by atoms with van der Waals surface area (Å²) in [5.74, 6) is -0.559. The number of hydrogen-bond donors (Lipinski definition) is 1. The zero-order valence-electron chi connectivity index (χ0n) is 15.2. The van der Waals surface area contributed by atoms with Crippen molar-refractivity contribution in [3.05, 3.63) is 35.4 Å². The smallest absolute Gasteiger partial charge is 0.407 e. The Bertz CT molecular complexity index is 670. The lowest BCUT2D eigenvalue weighted by Crippen LogP contribution is -2.43. The molecular formula is C18H23NO7. The van der Waals surface area contributed by atoms with Gasteiger partial charge in [-0.3, -0.25) is 0 Å². The first kappa shape index (κ1) is 21.0. The highest BCUT2D eigenvalue weighted by atomic mass is 16.6. The minimum atomic E-state index is -0.912. The number of hydrogen-bond acceptors (Lipinski definition) is 7. The minimum Gasteiger partial charge on any atom is -0.496 e. The van der Waals surface area contributed by atoms with Crippen LogP contribution in [-0.2, 0) is 30.2 Å². The van der Waals surface area contributed by atoms with Crippen molar-refractivity contribution in [2.24, 2.45) is 0 Å². The van der Waals surface area contributed by atoms with Crippen LogP contribution in [0.5, 0.6) is 5.75 Å². The van der Waals surface area contributed by atoms with E-state index >= 15 is 0 Å². The molecule has 0 aromatic heterocycles. The van der Waals surface area contributed by atoms with Crippen LogP contribution in [0.15, 0.2) is 24.3 Å². The van der Waals surface area contributed by atoms with E-state index in [2.05, 4.69) is 10.1 Å². The average Bonchev–Trinajstić information content (AvgIpc) is 2.65. The molecule has 0 saturated heterocycles. The third-order valence-electron chi connectivity index (χ3n) is 3.39. The van der Waals surface area contributed by atoms with Gasteiger partial charge in [0.05, 0.1) is 27.9 Å². The third kappa shape index (κ3) is 6.46. The predicted octanol–water partition coefficient (Wildman–Crippen LogP) is 1.71. The van der Waals surface area contributed by atoms with Gasteiger partial charge in [0.1, 0.15) is 11.8 Å². The van der Waals surface area contributed by atoms with Gasteiger partial charge in [0, 0.05) is 18.1 Å². The number of esters is 2. The van der Waals surface area contributed by atoms with E-state index in [9.17, 15) is 14.4 Å². The van der Waals surface area contributed by atoms with Gasteiger partial charge in [0.25, 0.3) is 0 Å². The van der Waals surface area contributed by atoms with E-state index in [0.717, 1.165) is 5.56 Å². The van der Waals surface area contributed by atoms with Gasteiger partial charge >= 0.3 is 18.0 Å². The average molecular weight is 365 g/mol. The molecule has 1 amide bonds. The molecule has 0 spiro atoms. The van der Waals surface area contributed by atoms with Crippen molar-refractivity contribution < 1.29 is 33.3 Å². The van der Waals surface area contributed by atoms with Crippen molar-refractivity contribution >= 4 is 24.1 Å². The normalized spacial score (nSPS) is 11.5. The molecule has 1 rings (SSSR count). The number of ether oxygens (including phenoxy) is 4. The first-order valence-electron chi connectivity index (χ1n) is 7.89. The molecule has 142 valence electrons. The molecule has 8 heteroatoms. The van der Waals surface area contributed by atoms with Crippen LogP contribution >= 0.6 is 0 Å². The maximum Gasteiger partial charge on any atom is 0.407 e. The van der Waals surface area contributed by atoms with Crippen molar-refractivity contribution in [1.82, 2.24) is 5.32 Å². The van der Waals surface area contributed by atoms with Gasteiger partial charge in [0.15, 0.2) is 0 Å². The summed E-state index contributed by atoms with van der Waals surface area (Å²) in [4.78, 5) is 34.8. The Labute approximate surface area is 152 Å². The SMILES string of the molecule is CCOC(=O)N[C@@H](Cc1ccc(OC)c(/C=C/C(=O)OC)c1)C(=O)OC. The van der Waals surface area contributed by atoms with Crippen molar-refractivity contribution in [2.75, 3.05) is 27.9 Å². The summed E-state index contributed by atoms with van der Waals surface area (Å²) in [6.07, 6.45) is 2.27. The largest absolute Gasteiger partial charge is 0.496 e. The van der Waals surface area contributed by atoms with Gasteiger partial charge in [-0.1, -0.05) is 6.07 Å². The molecule has 8 nitrogen and oxygen atoms in total.